The molecule has 22 heavy (non-hydrogen) atoms. The van der Waals surface area contributed by atoms with Gasteiger partial charge in [-0.1, -0.05) is 35.9 Å². The number of nitrogens with one attached hydrogen (secondary N) is 1. The quantitative estimate of drug-likeness (QED) is 0.355. The molecule has 0 amide bonds. The van der Waals surface area contributed by atoms with Gasteiger partial charge in [0.1, 0.15) is 12.4 Å². The Hall–Kier alpha value is -2.60. The largest absolute Gasteiger partial charge is 0.490 e. The minimum absolute atomic E-state index is 0.0611. The summed E-state index contributed by atoms with van der Waals surface area (Å²) < 4.78 is 5.49. The van der Waals surface area contributed by atoms with Gasteiger partial charge in [0.2, 0.25) is 0 Å². The molecule has 0 aromatic heterocycles. The van der Waals surface area contributed by atoms with E-state index in [1.165, 1.54) is 17.2 Å². The molecule has 116 valence electrons. The Bertz CT molecular complexity index is 642. The van der Waals surface area contributed by atoms with Crippen molar-refractivity contribution in [1.29, 1.82) is 0 Å². The number of nitrogens with two attached hydrogens (primary N) is 1. The molecule has 0 saturated carbocycles. The lowest BCUT2D eigenvalue weighted by Crippen LogP contribution is -2.20. The monoisotopic (exact) mass is 301 g/mol. The highest BCUT2D eigenvalue weighted by atomic mass is 16.6. The molecule has 2 rings (SSSR count). The van der Waals surface area contributed by atoms with Gasteiger partial charge in [-0.2, -0.15) is 0 Å². The van der Waals surface area contributed by atoms with Crippen molar-refractivity contribution in [3.8, 4) is 5.75 Å². The van der Waals surface area contributed by atoms with Gasteiger partial charge in [0, 0.05) is 19.2 Å². The van der Waals surface area contributed by atoms with E-state index in [1.807, 2.05) is 0 Å². The second kappa shape index (κ2) is 7.42. The van der Waals surface area contributed by atoms with Crippen molar-refractivity contribution in [3.63, 3.8) is 0 Å². The minimum Gasteiger partial charge on any atom is -0.490 e. The van der Waals surface area contributed by atoms with Gasteiger partial charge < -0.3 is 15.8 Å². The van der Waals surface area contributed by atoms with Gasteiger partial charge in [-0.15, -0.1) is 0 Å². The second-order valence-corrected chi connectivity index (χ2v) is 4.96. The van der Waals surface area contributed by atoms with Crippen LogP contribution < -0.4 is 15.8 Å². The van der Waals surface area contributed by atoms with Crippen LogP contribution in [-0.2, 0) is 6.54 Å². The number of hydrogen-bond acceptors (Lipinski definition) is 5. The highest BCUT2D eigenvalue weighted by Crippen LogP contribution is 2.30. The van der Waals surface area contributed by atoms with Crippen molar-refractivity contribution < 1.29 is 9.66 Å². The molecule has 0 saturated heterocycles. The number of nitro benzene ring substituents is 1. The SMILES string of the molecule is Cc1ccc(CNCCOc2cccc([N+](=O)[O-])c2N)cc1. The van der Waals surface area contributed by atoms with Crippen molar-refractivity contribution >= 4 is 11.4 Å². The van der Waals surface area contributed by atoms with Crippen LogP contribution in [0, 0.1) is 17.0 Å². The predicted octanol–water partition coefficient (Wildman–Crippen LogP) is 2.65. The smallest absolute Gasteiger partial charge is 0.295 e. The van der Waals surface area contributed by atoms with Crippen LogP contribution in [0.1, 0.15) is 11.1 Å². The molecule has 0 fully saturated rings. The molecular formula is C16H19N3O3. The fraction of sp³-hybridized carbons (Fsp3) is 0.250. The summed E-state index contributed by atoms with van der Waals surface area (Å²) in [4.78, 5) is 10.3. The number of anilines is 1. The summed E-state index contributed by atoms with van der Waals surface area (Å²) in [6.07, 6.45) is 0. The molecule has 0 spiro atoms. The molecule has 0 radical (unpaired) electrons. The maximum Gasteiger partial charge on any atom is 0.295 e. The van der Waals surface area contributed by atoms with Crippen LogP contribution >= 0.6 is 0 Å². The van der Waals surface area contributed by atoms with Crippen molar-refractivity contribution in [2.75, 3.05) is 18.9 Å². The average Bonchev–Trinajstić information content (AvgIpc) is 2.50. The molecule has 0 atom stereocenters. The number of aryl methyl sites for hydroxylation is 1. The van der Waals surface area contributed by atoms with Gasteiger partial charge in [-0.3, -0.25) is 10.1 Å². The fourth-order valence-electron chi connectivity index (χ4n) is 1.99. The fourth-order valence-corrected chi connectivity index (χ4v) is 1.99. The Balaban J connectivity index is 1.78. The van der Waals surface area contributed by atoms with Gasteiger partial charge in [-0.25, -0.2) is 0 Å². The molecule has 0 heterocycles. The zero-order valence-electron chi connectivity index (χ0n) is 12.4. The number of hydrogen-bond donors (Lipinski definition) is 2. The molecule has 2 aromatic carbocycles. The van der Waals surface area contributed by atoms with Gasteiger partial charge in [0.15, 0.2) is 5.69 Å². The summed E-state index contributed by atoms with van der Waals surface area (Å²) in [5, 5.41) is 14.0. The first kappa shape index (κ1) is 15.8. The van der Waals surface area contributed by atoms with E-state index in [1.54, 1.807) is 12.1 Å². The molecule has 0 aliphatic rings. The highest BCUT2D eigenvalue weighted by molar-refractivity contribution is 5.66. The topological polar surface area (TPSA) is 90.4 Å². The number of nitrogens with zero attached hydrogens (tertiary/aromatic N) is 1. The van der Waals surface area contributed by atoms with Crippen molar-refractivity contribution in [2.45, 2.75) is 13.5 Å². The summed E-state index contributed by atoms with van der Waals surface area (Å²) in [7, 11) is 0. The third-order valence-electron chi connectivity index (χ3n) is 3.23. The van der Waals surface area contributed by atoms with E-state index in [0.29, 0.717) is 18.9 Å². The Morgan fingerprint density at radius 2 is 1.95 bits per heavy atom. The molecule has 0 unspecified atom stereocenters. The molecular weight excluding hydrogens is 282 g/mol. The normalized spacial score (nSPS) is 10.4. The van der Waals surface area contributed by atoms with Crippen molar-refractivity contribution in [1.82, 2.24) is 5.32 Å². The first-order valence-corrected chi connectivity index (χ1v) is 7.00. The third kappa shape index (κ3) is 4.20. The van der Waals surface area contributed by atoms with E-state index in [-0.39, 0.29) is 11.4 Å². The van der Waals surface area contributed by atoms with E-state index in [0.717, 1.165) is 6.54 Å². The minimum atomic E-state index is -0.516. The molecule has 0 bridgehead atoms. The Morgan fingerprint density at radius 3 is 2.64 bits per heavy atom. The standard InChI is InChI=1S/C16H19N3O3/c1-12-5-7-13(8-6-12)11-18-9-10-22-15-4-2-3-14(16(15)17)19(20)21/h2-8,18H,9-11,17H2,1H3. The molecule has 0 aliphatic carbocycles. The summed E-state index contributed by atoms with van der Waals surface area (Å²) in [5.41, 5.74) is 8.07. The number of benzene rings is 2. The summed E-state index contributed by atoms with van der Waals surface area (Å²) >= 11 is 0. The Kier molecular flexibility index (Phi) is 5.32. The number of para-hydroxylation sites is 1. The number of ether oxygens (including phenoxy) is 1. The molecule has 0 aliphatic heterocycles. The third-order valence-corrected chi connectivity index (χ3v) is 3.23. The average molecular weight is 301 g/mol. The van der Waals surface area contributed by atoms with Crippen LogP contribution in [0.5, 0.6) is 5.75 Å². The van der Waals surface area contributed by atoms with Gasteiger partial charge >= 0.3 is 0 Å². The van der Waals surface area contributed by atoms with Crippen LogP contribution in [-0.4, -0.2) is 18.1 Å². The van der Waals surface area contributed by atoms with Crippen LogP contribution in [0.15, 0.2) is 42.5 Å². The van der Waals surface area contributed by atoms with E-state index in [9.17, 15) is 10.1 Å². The summed E-state index contributed by atoms with van der Waals surface area (Å²) in [5.74, 6) is 0.339. The van der Waals surface area contributed by atoms with E-state index in [4.69, 9.17) is 10.5 Å². The van der Waals surface area contributed by atoms with Gasteiger partial charge in [-0.05, 0) is 18.6 Å². The summed E-state index contributed by atoms with van der Waals surface area (Å²) in [6, 6.07) is 12.8. The predicted molar refractivity (Wildman–Crippen MR) is 85.9 cm³/mol. The number of nitrogen functional groups attached to an aromatic ring is 1. The zero-order valence-corrected chi connectivity index (χ0v) is 12.4. The van der Waals surface area contributed by atoms with Crippen molar-refractivity contribution in [3.05, 3.63) is 63.7 Å². The number of rotatable bonds is 7. The first-order chi connectivity index (χ1) is 10.6. The number of nitro groups is 1. The Morgan fingerprint density at radius 1 is 1.23 bits per heavy atom. The lowest BCUT2D eigenvalue weighted by atomic mass is 10.1. The van der Waals surface area contributed by atoms with Crippen LogP contribution in [0.3, 0.4) is 0 Å². The van der Waals surface area contributed by atoms with Crippen LogP contribution in [0.4, 0.5) is 11.4 Å². The highest BCUT2D eigenvalue weighted by Gasteiger charge is 2.14. The molecule has 3 N–H and O–H groups in total. The van der Waals surface area contributed by atoms with Crippen molar-refractivity contribution in [2.24, 2.45) is 0 Å². The lowest BCUT2D eigenvalue weighted by Gasteiger charge is -2.10. The first-order valence-electron chi connectivity index (χ1n) is 7.00. The van der Waals surface area contributed by atoms with E-state index in [2.05, 4.69) is 36.5 Å². The maximum absolute atomic E-state index is 10.8. The molecule has 2 aromatic rings. The van der Waals surface area contributed by atoms with Crippen LogP contribution in [0.25, 0.3) is 0 Å². The second-order valence-electron chi connectivity index (χ2n) is 4.96. The van der Waals surface area contributed by atoms with Gasteiger partial charge in [0.05, 0.1) is 4.92 Å². The van der Waals surface area contributed by atoms with E-state index >= 15 is 0 Å². The zero-order chi connectivity index (χ0) is 15.9. The van der Waals surface area contributed by atoms with Crippen LogP contribution in [0.2, 0.25) is 0 Å². The Labute approximate surface area is 129 Å². The maximum atomic E-state index is 10.8. The van der Waals surface area contributed by atoms with E-state index < -0.39 is 4.92 Å². The summed E-state index contributed by atoms with van der Waals surface area (Å²) in [6.45, 7) is 3.80. The van der Waals surface area contributed by atoms with Gasteiger partial charge in [0.25, 0.3) is 5.69 Å². The molecule has 6 nitrogen and oxygen atoms in total. The lowest BCUT2D eigenvalue weighted by molar-refractivity contribution is -0.384. The molecule has 6 heteroatoms.